The third-order valence-electron chi connectivity index (χ3n) is 5.65. The van der Waals surface area contributed by atoms with E-state index in [0.717, 1.165) is 11.6 Å². The van der Waals surface area contributed by atoms with Crippen LogP contribution in [0.25, 0.3) is 0 Å². The maximum Gasteiger partial charge on any atom is 0.254 e. The molecule has 0 spiro atoms. The fourth-order valence-electron chi connectivity index (χ4n) is 3.70. The molecule has 36 heavy (non-hydrogen) atoms. The predicted molar refractivity (Wildman–Crippen MR) is 132 cm³/mol. The van der Waals surface area contributed by atoms with Crippen molar-refractivity contribution in [2.45, 2.75) is 13.0 Å². The lowest BCUT2D eigenvalue weighted by molar-refractivity contribution is -0.132. The number of furan rings is 1. The van der Waals surface area contributed by atoms with Crippen LogP contribution in [0.5, 0.6) is 11.5 Å². The Morgan fingerprint density at radius 2 is 1.72 bits per heavy atom. The zero-order valence-corrected chi connectivity index (χ0v) is 20.7. The maximum absolute atomic E-state index is 13.7. The molecular formula is C27H31FN2O6. The first kappa shape index (κ1) is 26.7. The van der Waals surface area contributed by atoms with E-state index >= 15 is 0 Å². The smallest absolute Gasteiger partial charge is 0.254 e. The number of carbonyl (C=O) groups excluding carboxylic acids is 2. The van der Waals surface area contributed by atoms with Crippen molar-refractivity contribution >= 4 is 11.8 Å². The Kier molecular flexibility index (Phi) is 9.88. The third-order valence-corrected chi connectivity index (χ3v) is 5.65. The van der Waals surface area contributed by atoms with Crippen LogP contribution in [-0.2, 0) is 22.5 Å². The highest BCUT2D eigenvalue weighted by Gasteiger charge is 2.23. The van der Waals surface area contributed by atoms with Crippen LogP contribution in [-0.4, -0.2) is 69.2 Å². The highest BCUT2D eigenvalue weighted by atomic mass is 19.1. The summed E-state index contributed by atoms with van der Waals surface area (Å²) in [7, 11) is 4.65. The first-order valence-electron chi connectivity index (χ1n) is 11.5. The van der Waals surface area contributed by atoms with Crippen molar-refractivity contribution in [3.8, 4) is 11.5 Å². The summed E-state index contributed by atoms with van der Waals surface area (Å²) in [6, 6.07) is 14.5. The van der Waals surface area contributed by atoms with Gasteiger partial charge in [0.1, 0.15) is 18.1 Å². The van der Waals surface area contributed by atoms with Crippen molar-refractivity contribution in [1.82, 2.24) is 9.80 Å². The van der Waals surface area contributed by atoms with Gasteiger partial charge in [-0.1, -0.05) is 12.1 Å². The summed E-state index contributed by atoms with van der Waals surface area (Å²) >= 11 is 0. The Bertz CT molecular complexity index is 1140. The summed E-state index contributed by atoms with van der Waals surface area (Å²) in [5.74, 6) is 0.606. The monoisotopic (exact) mass is 498 g/mol. The number of methoxy groups -OCH3 is 3. The van der Waals surface area contributed by atoms with Crippen LogP contribution >= 0.6 is 0 Å². The van der Waals surface area contributed by atoms with E-state index in [0.29, 0.717) is 30.2 Å². The van der Waals surface area contributed by atoms with Gasteiger partial charge in [-0.3, -0.25) is 9.59 Å². The van der Waals surface area contributed by atoms with E-state index in [1.54, 1.807) is 37.5 Å². The average molecular weight is 499 g/mol. The van der Waals surface area contributed by atoms with Gasteiger partial charge in [-0.15, -0.1) is 0 Å². The second kappa shape index (κ2) is 13.3. The zero-order valence-electron chi connectivity index (χ0n) is 20.7. The first-order chi connectivity index (χ1) is 17.4. The highest BCUT2D eigenvalue weighted by Crippen LogP contribution is 2.27. The van der Waals surface area contributed by atoms with E-state index in [4.69, 9.17) is 18.6 Å². The molecule has 3 rings (SSSR count). The molecule has 0 N–H and O–H groups in total. The molecule has 0 bridgehead atoms. The molecule has 0 atom stereocenters. The molecule has 1 heterocycles. The van der Waals surface area contributed by atoms with Gasteiger partial charge >= 0.3 is 0 Å². The van der Waals surface area contributed by atoms with Gasteiger partial charge in [-0.25, -0.2) is 4.39 Å². The Balaban J connectivity index is 1.77. The number of rotatable bonds is 13. The topological polar surface area (TPSA) is 81.5 Å². The largest absolute Gasteiger partial charge is 0.493 e. The van der Waals surface area contributed by atoms with Crippen molar-refractivity contribution < 1.29 is 32.6 Å². The number of ether oxygens (including phenoxy) is 3. The number of hydrogen-bond donors (Lipinski definition) is 0. The molecule has 2 amide bonds. The molecule has 0 unspecified atom stereocenters. The molecule has 2 aromatic carbocycles. The summed E-state index contributed by atoms with van der Waals surface area (Å²) in [4.78, 5) is 29.5. The average Bonchev–Trinajstić information content (AvgIpc) is 3.41. The van der Waals surface area contributed by atoms with E-state index < -0.39 is 11.7 Å². The van der Waals surface area contributed by atoms with Crippen molar-refractivity contribution in [2.24, 2.45) is 0 Å². The van der Waals surface area contributed by atoms with Crippen LogP contribution in [0.3, 0.4) is 0 Å². The van der Waals surface area contributed by atoms with E-state index in [1.807, 2.05) is 18.2 Å². The number of benzene rings is 2. The molecule has 0 saturated heterocycles. The molecule has 0 fully saturated rings. The highest BCUT2D eigenvalue weighted by molar-refractivity contribution is 5.96. The number of amides is 2. The van der Waals surface area contributed by atoms with Gasteiger partial charge in [0.05, 0.1) is 33.6 Å². The van der Waals surface area contributed by atoms with Gasteiger partial charge < -0.3 is 28.4 Å². The third kappa shape index (κ3) is 7.32. The molecule has 0 aliphatic rings. The summed E-state index contributed by atoms with van der Waals surface area (Å²) in [5, 5.41) is 0. The van der Waals surface area contributed by atoms with Gasteiger partial charge in [-0.05, 0) is 54.4 Å². The van der Waals surface area contributed by atoms with E-state index in [2.05, 4.69) is 0 Å². The first-order valence-corrected chi connectivity index (χ1v) is 11.5. The molecule has 0 saturated carbocycles. The van der Waals surface area contributed by atoms with Gasteiger partial charge in [0.25, 0.3) is 5.91 Å². The van der Waals surface area contributed by atoms with Gasteiger partial charge in [-0.2, -0.15) is 0 Å². The fourth-order valence-corrected chi connectivity index (χ4v) is 3.70. The van der Waals surface area contributed by atoms with Crippen LogP contribution in [0.15, 0.2) is 65.3 Å². The number of hydrogen-bond acceptors (Lipinski definition) is 6. The predicted octanol–water partition coefficient (Wildman–Crippen LogP) is 3.80. The van der Waals surface area contributed by atoms with Crippen molar-refractivity contribution in [3.05, 3.63) is 83.6 Å². The van der Waals surface area contributed by atoms with Crippen molar-refractivity contribution in [1.29, 1.82) is 0 Å². The molecule has 0 aliphatic carbocycles. The second-order valence-corrected chi connectivity index (χ2v) is 8.06. The minimum Gasteiger partial charge on any atom is -0.493 e. The molecular weight excluding hydrogens is 467 g/mol. The molecule has 0 radical (unpaired) electrons. The number of nitrogens with zero attached hydrogens (tertiary/aromatic N) is 2. The van der Waals surface area contributed by atoms with Gasteiger partial charge in [0.15, 0.2) is 11.5 Å². The SMILES string of the molecule is COCCN(CC(=O)N(CCc1ccc(OC)c(OC)c1)Cc1ccco1)C(=O)c1cccc(F)c1. The summed E-state index contributed by atoms with van der Waals surface area (Å²) < 4.78 is 35.0. The lowest BCUT2D eigenvalue weighted by Crippen LogP contribution is -2.44. The summed E-state index contributed by atoms with van der Waals surface area (Å²) in [6.07, 6.45) is 2.09. The lowest BCUT2D eigenvalue weighted by Gasteiger charge is -2.27. The Hall–Kier alpha value is -3.85. The Morgan fingerprint density at radius 1 is 0.917 bits per heavy atom. The van der Waals surface area contributed by atoms with E-state index in [9.17, 15) is 14.0 Å². The van der Waals surface area contributed by atoms with Crippen LogP contribution in [0.4, 0.5) is 4.39 Å². The van der Waals surface area contributed by atoms with E-state index in [-0.39, 0.29) is 37.7 Å². The molecule has 1 aromatic heterocycles. The fraction of sp³-hybridized carbons (Fsp3) is 0.333. The zero-order chi connectivity index (χ0) is 25.9. The van der Waals surface area contributed by atoms with Crippen LogP contribution in [0.1, 0.15) is 21.7 Å². The number of halogens is 1. The Labute approximate surface area is 210 Å². The quantitative estimate of drug-likeness (QED) is 0.357. The molecule has 192 valence electrons. The van der Waals surface area contributed by atoms with Crippen LogP contribution in [0.2, 0.25) is 0 Å². The van der Waals surface area contributed by atoms with Crippen molar-refractivity contribution in [3.63, 3.8) is 0 Å². The molecule has 9 heteroatoms. The summed E-state index contributed by atoms with van der Waals surface area (Å²) in [5.41, 5.74) is 1.12. The van der Waals surface area contributed by atoms with Gasteiger partial charge in [0.2, 0.25) is 5.91 Å². The normalized spacial score (nSPS) is 10.7. The lowest BCUT2D eigenvalue weighted by atomic mass is 10.1. The minimum absolute atomic E-state index is 0.168. The van der Waals surface area contributed by atoms with Crippen molar-refractivity contribution in [2.75, 3.05) is 47.6 Å². The number of carbonyl (C=O) groups is 2. The summed E-state index contributed by atoms with van der Waals surface area (Å²) in [6.45, 7) is 0.845. The van der Waals surface area contributed by atoms with Gasteiger partial charge in [0, 0.05) is 25.8 Å². The van der Waals surface area contributed by atoms with Crippen LogP contribution in [0, 0.1) is 5.82 Å². The molecule has 0 aliphatic heterocycles. The standard InChI is InChI=1S/C27H31FN2O6/c1-33-15-13-30(27(32)21-6-4-7-22(28)17-21)19-26(31)29(18-23-8-5-14-36-23)12-11-20-9-10-24(34-2)25(16-20)35-3/h4-10,14,16-17H,11-13,15,18-19H2,1-3H3. The second-order valence-electron chi connectivity index (χ2n) is 8.06. The maximum atomic E-state index is 13.7. The molecule has 8 nitrogen and oxygen atoms in total. The molecule has 3 aromatic rings. The van der Waals surface area contributed by atoms with Crippen LogP contribution < -0.4 is 9.47 Å². The van der Waals surface area contributed by atoms with E-state index in [1.165, 1.54) is 30.2 Å². The Morgan fingerprint density at radius 3 is 2.39 bits per heavy atom. The minimum atomic E-state index is -0.520.